The van der Waals surface area contributed by atoms with Gasteiger partial charge in [-0.1, -0.05) is 168 Å². The number of benzene rings is 6. The molecule has 6 aromatic carbocycles. The summed E-state index contributed by atoms with van der Waals surface area (Å²) < 4.78 is 34.4. The van der Waals surface area contributed by atoms with E-state index in [0.717, 1.165) is 26.7 Å². The van der Waals surface area contributed by atoms with E-state index in [2.05, 4.69) is 15.9 Å². The van der Waals surface area contributed by atoms with Gasteiger partial charge in [-0.2, -0.15) is 0 Å². The summed E-state index contributed by atoms with van der Waals surface area (Å²) in [7, 11) is 0. The van der Waals surface area contributed by atoms with Crippen LogP contribution in [0.25, 0.3) is 0 Å². The predicted octanol–water partition coefficient (Wildman–Crippen LogP) is 9.05. The van der Waals surface area contributed by atoms with E-state index in [0.29, 0.717) is 23.3 Å². The molecular weight excluding hydrogens is 756 g/mol. The zero-order valence-electron chi connectivity index (χ0n) is 30.4. The second-order valence-corrected chi connectivity index (χ2v) is 14.6. The van der Waals surface area contributed by atoms with E-state index < -0.39 is 36.3 Å². The number of ether oxygens (including phenoxy) is 5. The lowest BCUT2D eigenvalue weighted by Gasteiger charge is -2.50. The highest BCUT2D eigenvalue weighted by atomic mass is 79.9. The first-order valence-corrected chi connectivity index (χ1v) is 19.3. The zero-order chi connectivity index (χ0) is 37.9. The fourth-order valence-corrected chi connectivity index (χ4v) is 7.12. The molecule has 1 aliphatic heterocycles. The summed E-state index contributed by atoms with van der Waals surface area (Å²) in [6, 6.07) is 54.2. The predicted molar refractivity (Wildman–Crippen MR) is 215 cm³/mol. The Morgan fingerprint density at radius 2 is 1.04 bits per heavy atom. The Hall–Kier alpha value is -4.48. The Kier molecular flexibility index (Phi) is 13.3. The van der Waals surface area contributed by atoms with Gasteiger partial charge in [-0.05, 0) is 51.6 Å². The normalized spacial score (nSPS) is 21.6. The number of halogens is 1. The maximum absolute atomic E-state index is 13.1. The molecule has 282 valence electrons. The minimum Gasteiger partial charge on any atom is -0.384 e. The quantitative estimate of drug-likeness (QED) is 0.101. The van der Waals surface area contributed by atoms with Crippen LogP contribution < -0.4 is 0 Å². The average Bonchev–Trinajstić information content (AvgIpc) is 3.24. The molecule has 0 aromatic heterocycles. The third-order valence-corrected chi connectivity index (χ3v) is 10.3. The van der Waals surface area contributed by atoms with Crippen LogP contribution in [0.15, 0.2) is 174 Å². The highest BCUT2D eigenvalue weighted by Gasteiger charge is 2.57. The molecule has 0 radical (unpaired) electrons. The minimum atomic E-state index is -2.06. The lowest BCUT2D eigenvalue weighted by atomic mass is 9.86. The van der Waals surface area contributed by atoms with E-state index in [1.54, 1.807) is 18.2 Å². The van der Waals surface area contributed by atoms with E-state index in [1.807, 2.05) is 152 Å². The fourth-order valence-electron chi connectivity index (χ4n) is 6.85. The van der Waals surface area contributed by atoms with Crippen molar-refractivity contribution in [2.24, 2.45) is 0 Å². The molecule has 0 aliphatic carbocycles. The van der Waals surface area contributed by atoms with E-state index in [-0.39, 0.29) is 26.4 Å². The first-order chi connectivity index (χ1) is 27.0. The Balaban J connectivity index is 1.29. The first kappa shape index (κ1) is 38.8. The van der Waals surface area contributed by atoms with Gasteiger partial charge in [0.15, 0.2) is 0 Å². The van der Waals surface area contributed by atoms with Crippen LogP contribution in [-0.4, -0.2) is 41.2 Å². The lowest BCUT2D eigenvalue weighted by molar-refractivity contribution is -0.378. The van der Waals surface area contributed by atoms with E-state index in [4.69, 9.17) is 23.7 Å². The van der Waals surface area contributed by atoms with Crippen molar-refractivity contribution in [1.29, 1.82) is 0 Å². The van der Waals surface area contributed by atoms with Gasteiger partial charge in [0.2, 0.25) is 5.79 Å². The van der Waals surface area contributed by atoms with Crippen molar-refractivity contribution in [2.45, 2.75) is 62.7 Å². The summed E-state index contributed by atoms with van der Waals surface area (Å²) in [4.78, 5) is 0. The number of aliphatic hydroxyl groups excluding tert-OH is 1. The van der Waals surface area contributed by atoms with Gasteiger partial charge in [-0.15, -0.1) is 0 Å². The number of hydrogen-bond acceptors (Lipinski definition) is 7. The van der Waals surface area contributed by atoms with Gasteiger partial charge < -0.3 is 33.9 Å². The van der Waals surface area contributed by atoms with Crippen LogP contribution in [0.2, 0.25) is 0 Å². The van der Waals surface area contributed by atoms with Crippen LogP contribution >= 0.6 is 15.9 Å². The Labute approximate surface area is 331 Å². The van der Waals surface area contributed by atoms with E-state index in [1.165, 1.54) is 0 Å². The topological polar surface area (TPSA) is 86.6 Å². The van der Waals surface area contributed by atoms with Crippen LogP contribution in [0.3, 0.4) is 0 Å². The maximum atomic E-state index is 13.1. The Morgan fingerprint density at radius 3 is 1.58 bits per heavy atom. The monoisotopic (exact) mass is 800 g/mol. The summed E-state index contributed by atoms with van der Waals surface area (Å²) in [5.41, 5.74) is 5.55. The molecule has 0 bridgehead atoms. The van der Waals surface area contributed by atoms with Crippen LogP contribution in [0.5, 0.6) is 0 Å². The average molecular weight is 802 g/mol. The Bertz CT molecular complexity index is 2030. The van der Waals surface area contributed by atoms with Crippen LogP contribution in [0.4, 0.5) is 0 Å². The fraction of sp³-hybridized carbons (Fsp3) is 0.234. The maximum Gasteiger partial charge on any atom is 0.222 e. The van der Waals surface area contributed by atoms with E-state index in [9.17, 15) is 10.2 Å². The minimum absolute atomic E-state index is 0.0917. The summed E-state index contributed by atoms with van der Waals surface area (Å²) in [6.45, 7) is 1.10. The molecule has 7 nitrogen and oxygen atoms in total. The summed E-state index contributed by atoms with van der Waals surface area (Å²) in [5, 5.41) is 24.7. The van der Waals surface area contributed by atoms with Crippen molar-refractivity contribution in [1.82, 2.24) is 0 Å². The summed E-state index contributed by atoms with van der Waals surface area (Å²) in [6.07, 6.45) is -4.40. The first-order valence-electron chi connectivity index (χ1n) is 18.5. The van der Waals surface area contributed by atoms with E-state index >= 15 is 0 Å². The molecule has 0 spiro atoms. The van der Waals surface area contributed by atoms with Gasteiger partial charge in [0.05, 0.1) is 33.0 Å². The summed E-state index contributed by atoms with van der Waals surface area (Å²) in [5.74, 6) is -2.06. The van der Waals surface area contributed by atoms with Crippen molar-refractivity contribution in [3.05, 3.63) is 213 Å². The van der Waals surface area contributed by atoms with Gasteiger partial charge in [-0.25, -0.2) is 0 Å². The lowest BCUT2D eigenvalue weighted by Crippen LogP contribution is -2.65. The third-order valence-electron chi connectivity index (χ3n) is 9.74. The molecule has 1 fully saturated rings. The van der Waals surface area contributed by atoms with Gasteiger partial charge in [-0.3, -0.25) is 0 Å². The van der Waals surface area contributed by atoms with Crippen LogP contribution in [-0.2, 0) is 55.9 Å². The van der Waals surface area contributed by atoms with Crippen molar-refractivity contribution >= 4 is 15.9 Å². The van der Waals surface area contributed by atoms with Crippen LogP contribution in [0.1, 0.15) is 45.0 Å². The molecule has 3 unspecified atom stereocenters. The number of aliphatic hydroxyl groups is 2. The zero-order valence-corrected chi connectivity index (χ0v) is 32.0. The SMILES string of the molecule is OC(c1ccc(Br)cc1)c1cccc(C2(O)O[C@H](COCc3ccccc3)C(OCc3ccccc3)[C@H](OCc3ccccc3)[C@H]2OCc2ccccc2)c1. The van der Waals surface area contributed by atoms with Crippen LogP contribution in [0, 0.1) is 0 Å². The second-order valence-electron chi connectivity index (χ2n) is 13.7. The highest BCUT2D eigenvalue weighted by molar-refractivity contribution is 9.10. The molecule has 55 heavy (non-hydrogen) atoms. The molecule has 6 atom stereocenters. The highest BCUT2D eigenvalue weighted by Crippen LogP contribution is 2.42. The molecule has 1 heterocycles. The standard InChI is InChI=1S/C47H45BrO7/c48-41-26-24-38(25-27-41)43(49)39-22-13-23-40(28-39)47(50)46(54-32-37-20-11-4-12-21-37)45(53-31-36-18-9-3-10-19-36)44(52-30-35-16-7-2-8-17-35)42(55-47)33-51-29-34-14-5-1-6-15-34/h1-28,42-46,49-50H,29-33H2/t42-,43?,44?,45+,46-,47?/m1/s1. The van der Waals surface area contributed by atoms with Gasteiger partial charge >= 0.3 is 0 Å². The van der Waals surface area contributed by atoms with Gasteiger partial charge in [0.1, 0.15) is 30.5 Å². The van der Waals surface area contributed by atoms with Crippen molar-refractivity contribution in [2.75, 3.05) is 6.61 Å². The molecule has 6 aromatic rings. The number of hydrogen-bond donors (Lipinski definition) is 2. The molecule has 0 amide bonds. The second kappa shape index (κ2) is 18.9. The smallest absolute Gasteiger partial charge is 0.222 e. The number of rotatable bonds is 16. The third kappa shape index (κ3) is 10.0. The van der Waals surface area contributed by atoms with Gasteiger partial charge in [0, 0.05) is 10.0 Å². The van der Waals surface area contributed by atoms with Gasteiger partial charge in [0.25, 0.3) is 0 Å². The molecule has 1 aliphatic rings. The molecule has 2 N–H and O–H groups in total. The summed E-state index contributed by atoms with van der Waals surface area (Å²) >= 11 is 3.48. The Morgan fingerprint density at radius 1 is 0.545 bits per heavy atom. The van der Waals surface area contributed by atoms with Crippen molar-refractivity contribution in [3.8, 4) is 0 Å². The largest absolute Gasteiger partial charge is 0.384 e. The van der Waals surface area contributed by atoms with Crippen molar-refractivity contribution < 1.29 is 33.9 Å². The molecule has 1 saturated heterocycles. The molecular formula is C47H45BrO7. The van der Waals surface area contributed by atoms with Crippen molar-refractivity contribution in [3.63, 3.8) is 0 Å². The molecule has 0 saturated carbocycles. The molecule has 8 heteroatoms. The molecule has 7 rings (SSSR count).